The molecule has 0 aliphatic rings. The monoisotopic (exact) mass is 439 g/mol. The Labute approximate surface area is 178 Å². The van der Waals surface area contributed by atoms with Crippen LogP contribution in [0.4, 0.5) is 11.5 Å². The first kappa shape index (κ1) is 21.5. The molecule has 0 fully saturated rings. The molecule has 0 radical (unpaired) electrons. The molecule has 1 amide bonds. The van der Waals surface area contributed by atoms with Crippen molar-refractivity contribution in [1.82, 2.24) is 9.78 Å². The van der Waals surface area contributed by atoms with Crippen molar-refractivity contribution >= 4 is 33.4 Å². The number of hydrogen-bond donors (Lipinski definition) is 2. The van der Waals surface area contributed by atoms with Crippen LogP contribution < -0.4 is 10.0 Å². The first-order chi connectivity index (χ1) is 14.8. The molecule has 0 saturated heterocycles. The maximum Gasteiger partial charge on any atom is 0.338 e. The minimum atomic E-state index is -3.51. The molecular formula is C20H17N5O5S. The van der Waals surface area contributed by atoms with Crippen molar-refractivity contribution in [3.63, 3.8) is 0 Å². The van der Waals surface area contributed by atoms with E-state index in [9.17, 15) is 23.3 Å². The van der Waals surface area contributed by atoms with Gasteiger partial charge in [-0.2, -0.15) is 10.4 Å². The number of amides is 1. The van der Waals surface area contributed by atoms with Gasteiger partial charge in [0, 0.05) is 5.69 Å². The molecule has 0 saturated carbocycles. The van der Waals surface area contributed by atoms with Crippen LogP contribution in [0, 0.1) is 11.3 Å². The van der Waals surface area contributed by atoms with E-state index in [0.29, 0.717) is 5.69 Å². The second-order valence-electron chi connectivity index (χ2n) is 6.35. The molecule has 11 heteroatoms. The van der Waals surface area contributed by atoms with Crippen LogP contribution in [0.25, 0.3) is 5.69 Å². The number of anilines is 2. The molecule has 0 aliphatic carbocycles. The summed E-state index contributed by atoms with van der Waals surface area (Å²) in [6.45, 7) is -0.618. The molecule has 0 aliphatic heterocycles. The Morgan fingerprint density at radius 3 is 2.58 bits per heavy atom. The summed E-state index contributed by atoms with van der Waals surface area (Å²) < 4.78 is 31.3. The highest BCUT2D eigenvalue weighted by molar-refractivity contribution is 7.92. The maximum atomic E-state index is 12.3. The molecule has 158 valence electrons. The Bertz CT molecular complexity index is 1260. The fraction of sp³-hybridized carbons (Fsp3) is 0.100. The number of benzene rings is 2. The zero-order valence-corrected chi connectivity index (χ0v) is 17.1. The van der Waals surface area contributed by atoms with Gasteiger partial charge in [0.2, 0.25) is 10.0 Å². The van der Waals surface area contributed by atoms with Crippen LogP contribution >= 0.6 is 0 Å². The molecule has 1 heterocycles. The lowest BCUT2D eigenvalue weighted by Crippen LogP contribution is -2.23. The van der Waals surface area contributed by atoms with E-state index in [-0.39, 0.29) is 22.6 Å². The van der Waals surface area contributed by atoms with E-state index in [4.69, 9.17) is 4.74 Å². The number of hydrogen-bond acceptors (Lipinski definition) is 7. The first-order valence-corrected chi connectivity index (χ1v) is 10.7. The largest absolute Gasteiger partial charge is 0.452 e. The summed E-state index contributed by atoms with van der Waals surface area (Å²) in [7, 11) is -3.51. The molecule has 3 rings (SSSR count). The smallest absolute Gasteiger partial charge is 0.338 e. The van der Waals surface area contributed by atoms with Gasteiger partial charge in [-0.3, -0.25) is 9.52 Å². The Balaban J connectivity index is 1.68. The lowest BCUT2D eigenvalue weighted by Gasteiger charge is -2.10. The Morgan fingerprint density at radius 2 is 1.90 bits per heavy atom. The average Bonchev–Trinajstić information content (AvgIpc) is 3.14. The molecular weight excluding hydrogens is 422 g/mol. The third-order valence-corrected chi connectivity index (χ3v) is 4.49. The first-order valence-electron chi connectivity index (χ1n) is 8.85. The number of sulfonamides is 1. The summed E-state index contributed by atoms with van der Waals surface area (Å²) in [4.78, 5) is 24.6. The molecule has 0 unspecified atom stereocenters. The number of para-hydroxylation sites is 1. The van der Waals surface area contributed by atoms with Crippen molar-refractivity contribution in [2.24, 2.45) is 0 Å². The highest BCUT2D eigenvalue weighted by Gasteiger charge is 2.17. The molecule has 2 aromatic carbocycles. The predicted octanol–water partition coefficient (Wildman–Crippen LogP) is 1.91. The number of carbonyl (C=O) groups excluding carboxylic acids is 2. The van der Waals surface area contributed by atoms with E-state index in [1.807, 2.05) is 12.1 Å². The summed E-state index contributed by atoms with van der Waals surface area (Å²) in [5, 5.41) is 15.9. The van der Waals surface area contributed by atoms with E-state index in [1.165, 1.54) is 35.1 Å². The normalized spacial score (nSPS) is 10.7. The Morgan fingerprint density at radius 1 is 1.16 bits per heavy atom. The molecule has 3 aromatic rings. The lowest BCUT2D eigenvalue weighted by molar-refractivity contribution is -0.119. The van der Waals surface area contributed by atoms with Crippen molar-refractivity contribution in [3.05, 3.63) is 71.9 Å². The fourth-order valence-corrected chi connectivity index (χ4v) is 3.18. The molecule has 31 heavy (non-hydrogen) atoms. The van der Waals surface area contributed by atoms with E-state index >= 15 is 0 Å². The third-order valence-electron chi connectivity index (χ3n) is 3.88. The van der Waals surface area contributed by atoms with Gasteiger partial charge < -0.3 is 10.1 Å². The second-order valence-corrected chi connectivity index (χ2v) is 8.09. The highest BCUT2D eigenvalue weighted by Crippen LogP contribution is 2.19. The molecule has 0 atom stereocenters. The van der Waals surface area contributed by atoms with Crippen molar-refractivity contribution in [3.8, 4) is 11.8 Å². The standard InChI is InChI=1S/C20H17N5O5S/c1-31(28,29)24-16-7-5-6-14(10-16)20(27)30-13-18(26)23-19-15(11-21)12-22-25(19)17-8-3-2-4-9-17/h2-10,12,24H,13H2,1H3,(H,23,26). The van der Waals surface area contributed by atoms with Crippen LogP contribution in [0.1, 0.15) is 15.9 Å². The molecule has 0 bridgehead atoms. The van der Waals surface area contributed by atoms with Crippen molar-refractivity contribution < 1.29 is 22.7 Å². The molecule has 2 N–H and O–H groups in total. The summed E-state index contributed by atoms with van der Waals surface area (Å²) in [5.41, 5.74) is 1.02. The van der Waals surface area contributed by atoms with E-state index < -0.39 is 28.5 Å². The van der Waals surface area contributed by atoms with Gasteiger partial charge in [0.05, 0.1) is 23.7 Å². The SMILES string of the molecule is CS(=O)(=O)Nc1cccc(C(=O)OCC(=O)Nc2c(C#N)cnn2-c2ccccc2)c1. The average molecular weight is 439 g/mol. The number of nitrogens with one attached hydrogen (secondary N) is 2. The number of carbonyl (C=O) groups is 2. The van der Waals surface area contributed by atoms with Gasteiger partial charge >= 0.3 is 5.97 Å². The fourth-order valence-electron chi connectivity index (χ4n) is 2.62. The second kappa shape index (κ2) is 9.10. The Hall–Kier alpha value is -4.17. The van der Waals surface area contributed by atoms with Crippen molar-refractivity contribution in [1.29, 1.82) is 5.26 Å². The quantitative estimate of drug-likeness (QED) is 0.535. The van der Waals surface area contributed by atoms with Gasteiger partial charge in [0.1, 0.15) is 11.6 Å². The number of esters is 1. The van der Waals surface area contributed by atoms with Crippen LogP contribution in [0.5, 0.6) is 0 Å². The summed E-state index contributed by atoms with van der Waals surface area (Å²) >= 11 is 0. The van der Waals surface area contributed by atoms with Crippen LogP contribution in [0.2, 0.25) is 0 Å². The highest BCUT2D eigenvalue weighted by atomic mass is 32.2. The number of aromatic nitrogens is 2. The zero-order chi connectivity index (χ0) is 22.4. The molecule has 1 aromatic heterocycles. The van der Waals surface area contributed by atoms with Gasteiger partial charge in [0.25, 0.3) is 5.91 Å². The van der Waals surface area contributed by atoms with Crippen LogP contribution in [0.15, 0.2) is 60.8 Å². The van der Waals surface area contributed by atoms with Crippen molar-refractivity contribution in [2.75, 3.05) is 22.9 Å². The zero-order valence-electron chi connectivity index (χ0n) is 16.3. The summed E-state index contributed by atoms with van der Waals surface area (Å²) in [5.74, 6) is -1.34. The Kier molecular flexibility index (Phi) is 6.32. The lowest BCUT2D eigenvalue weighted by atomic mass is 10.2. The van der Waals surface area contributed by atoms with Crippen LogP contribution in [-0.4, -0.2) is 42.9 Å². The van der Waals surface area contributed by atoms with Crippen LogP contribution in [-0.2, 0) is 19.6 Å². The number of ether oxygens (including phenoxy) is 1. The van der Waals surface area contributed by atoms with E-state index in [2.05, 4.69) is 15.1 Å². The van der Waals surface area contributed by atoms with E-state index in [0.717, 1.165) is 6.26 Å². The van der Waals surface area contributed by atoms with Crippen molar-refractivity contribution in [2.45, 2.75) is 0 Å². The van der Waals surface area contributed by atoms with Gasteiger partial charge in [-0.05, 0) is 30.3 Å². The van der Waals surface area contributed by atoms with E-state index in [1.54, 1.807) is 24.3 Å². The minimum absolute atomic E-state index is 0.0634. The topological polar surface area (TPSA) is 143 Å². The maximum absolute atomic E-state index is 12.3. The van der Waals surface area contributed by atoms with Gasteiger partial charge in [-0.1, -0.05) is 24.3 Å². The minimum Gasteiger partial charge on any atom is -0.452 e. The predicted molar refractivity (Wildman–Crippen MR) is 112 cm³/mol. The van der Waals surface area contributed by atoms with Crippen LogP contribution in [0.3, 0.4) is 0 Å². The number of nitrogens with zero attached hydrogens (tertiary/aromatic N) is 3. The summed E-state index contributed by atoms with van der Waals surface area (Å²) in [6, 6.07) is 16.5. The van der Waals surface area contributed by atoms with Gasteiger partial charge in [0.15, 0.2) is 12.4 Å². The van der Waals surface area contributed by atoms with Gasteiger partial charge in [-0.15, -0.1) is 0 Å². The van der Waals surface area contributed by atoms with Gasteiger partial charge in [-0.25, -0.2) is 17.9 Å². The molecule has 0 spiro atoms. The number of nitriles is 1. The molecule has 10 nitrogen and oxygen atoms in total. The third kappa shape index (κ3) is 5.68. The summed E-state index contributed by atoms with van der Waals surface area (Å²) in [6.07, 6.45) is 2.30. The number of rotatable bonds is 7.